The van der Waals surface area contributed by atoms with E-state index in [0.29, 0.717) is 46.4 Å². The molecule has 0 heterocycles. The van der Waals surface area contributed by atoms with Crippen LogP contribution in [-0.2, 0) is 38.3 Å². The summed E-state index contributed by atoms with van der Waals surface area (Å²) in [6, 6.07) is 16.9. The molecular formula is C31H26F6. The Hall–Kier alpha value is -3.54. The highest BCUT2D eigenvalue weighted by atomic mass is 19.4. The normalized spacial score (nSPS) is 11.7. The standard InChI is InChI=1S/C31H26F6/c1-2-3-4-20-5-10-23(28(32)18-20)11-6-21-8-15-26-25(17-21)14-13-24(30(26)34)12-7-22-9-16-27(29(33)19-22)31(35,36)37/h2,5,8-10,13-19H,1,3-4,6-7,11-12H2. The maximum atomic E-state index is 15.2. The van der Waals surface area contributed by atoms with Gasteiger partial charge in [0.25, 0.3) is 0 Å². The van der Waals surface area contributed by atoms with E-state index in [9.17, 15) is 22.0 Å². The third kappa shape index (κ3) is 6.43. The minimum absolute atomic E-state index is 0.202. The molecule has 192 valence electrons. The number of allylic oxidation sites excluding steroid dienone is 1. The monoisotopic (exact) mass is 512 g/mol. The number of hydrogen-bond acceptors (Lipinski definition) is 0. The minimum atomic E-state index is -4.75. The zero-order valence-electron chi connectivity index (χ0n) is 20.1. The van der Waals surface area contributed by atoms with Gasteiger partial charge < -0.3 is 0 Å². The Morgan fingerprint density at radius 1 is 0.622 bits per heavy atom. The number of alkyl halides is 3. The highest BCUT2D eigenvalue weighted by Gasteiger charge is 2.33. The molecule has 0 saturated heterocycles. The molecule has 4 aromatic rings. The van der Waals surface area contributed by atoms with Crippen molar-refractivity contribution in [2.45, 2.75) is 44.7 Å². The average molecular weight is 513 g/mol. The summed E-state index contributed by atoms with van der Waals surface area (Å²) < 4.78 is 81.7. The lowest BCUT2D eigenvalue weighted by Crippen LogP contribution is -2.08. The van der Waals surface area contributed by atoms with Crippen LogP contribution in [0, 0.1) is 17.5 Å². The second-order valence-corrected chi connectivity index (χ2v) is 9.16. The molecule has 0 aromatic heterocycles. The molecule has 4 aromatic carbocycles. The molecule has 0 nitrogen and oxygen atoms in total. The SMILES string of the molecule is C=CCCc1ccc(CCc2ccc3c(F)c(CCc4ccc(C(F)(F)F)c(F)c4)ccc3c2)c(F)c1. The van der Waals surface area contributed by atoms with Crippen LogP contribution in [0.3, 0.4) is 0 Å². The molecular weight excluding hydrogens is 486 g/mol. The molecule has 37 heavy (non-hydrogen) atoms. The van der Waals surface area contributed by atoms with Crippen LogP contribution >= 0.6 is 0 Å². The Morgan fingerprint density at radius 3 is 1.89 bits per heavy atom. The predicted octanol–water partition coefficient (Wildman–Crippen LogP) is 8.96. The van der Waals surface area contributed by atoms with Gasteiger partial charge in [-0.1, -0.05) is 54.6 Å². The summed E-state index contributed by atoms with van der Waals surface area (Å²) in [5, 5.41) is 1.14. The Kier molecular flexibility index (Phi) is 8.06. The zero-order chi connectivity index (χ0) is 26.6. The Balaban J connectivity index is 1.43. The smallest absolute Gasteiger partial charge is 0.207 e. The number of halogens is 6. The van der Waals surface area contributed by atoms with E-state index >= 15 is 4.39 Å². The van der Waals surface area contributed by atoms with Crippen molar-refractivity contribution in [1.82, 2.24) is 0 Å². The lowest BCUT2D eigenvalue weighted by Gasteiger charge is -2.11. The van der Waals surface area contributed by atoms with Gasteiger partial charge in [0.05, 0.1) is 5.56 Å². The van der Waals surface area contributed by atoms with E-state index in [4.69, 9.17) is 0 Å². The Morgan fingerprint density at radius 2 is 1.22 bits per heavy atom. The fourth-order valence-electron chi connectivity index (χ4n) is 4.45. The summed E-state index contributed by atoms with van der Waals surface area (Å²) in [6.07, 6.45) is 0.130. The van der Waals surface area contributed by atoms with Gasteiger partial charge in [-0.15, -0.1) is 6.58 Å². The van der Waals surface area contributed by atoms with Crippen molar-refractivity contribution < 1.29 is 26.3 Å². The van der Waals surface area contributed by atoms with Crippen LogP contribution < -0.4 is 0 Å². The van der Waals surface area contributed by atoms with E-state index in [0.717, 1.165) is 30.0 Å². The van der Waals surface area contributed by atoms with Gasteiger partial charge in [0.1, 0.15) is 17.5 Å². The molecule has 0 N–H and O–H groups in total. The van der Waals surface area contributed by atoms with Crippen molar-refractivity contribution in [3.8, 4) is 0 Å². The third-order valence-electron chi connectivity index (χ3n) is 6.56. The Labute approximate surface area is 212 Å². The maximum Gasteiger partial charge on any atom is 0.419 e. The van der Waals surface area contributed by atoms with Gasteiger partial charge in [-0.25, -0.2) is 13.2 Å². The first kappa shape index (κ1) is 26.5. The van der Waals surface area contributed by atoms with Crippen LogP contribution in [0.25, 0.3) is 10.8 Å². The van der Waals surface area contributed by atoms with E-state index in [2.05, 4.69) is 6.58 Å². The first-order chi connectivity index (χ1) is 17.7. The van der Waals surface area contributed by atoms with E-state index < -0.39 is 23.4 Å². The highest BCUT2D eigenvalue weighted by molar-refractivity contribution is 5.84. The molecule has 0 radical (unpaired) electrons. The quantitative estimate of drug-likeness (QED) is 0.155. The topological polar surface area (TPSA) is 0 Å². The number of rotatable bonds is 9. The molecule has 0 amide bonds. The molecule has 0 unspecified atom stereocenters. The second-order valence-electron chi connectivity index (χ2n) is 9.16. The molecule has 4 rings (SSSR count). The number of hydrogen-bond donors (Lipinski definition) is 0. The fraction of sp³-hybridized carbons (Fsp3) is 0.226. The summed E-state index contributed by atoms with van der Waals surface area (Å²) in [5.74, 6) is -1.97. The van der Waals surface area contributed by atoms with Crippen molar-refractivity contribution in [3.05, 3.63) is 130 Å². The molecule has 0 spiro atoms. The number of aryl methyl sites for hydroxylation is 5. The molecule has 0 aliphatic rings. The summed E-state index contributed by atoms with van der Waals surface area (Å²) in [6.45, 7) is 3.68. The summed E-state index contributed by atoms with van der Waals surface area (Å²) in [7, 11) is 0. The van der Waals surface area contributed by atoms with E-state index in [1.807, 2.05) is 24.3 Å². The van der Waals surface area contributed by atoms with Gasteiger partial charge in [0.2, 0.25) is 0 Å². The lowest BCUT2D eigenvalue weighted by molar-refractivity contribution is -0.140. The third-order valence-corrected chi connectivity index (χ3v) is 6.56. The molecule has 0 bridgehead atoms. The van der Waals surface area contributed by atoms with E-state index in [-0.39, 0.29) is 18.7 Å². The first-order valence-electron chi connectivity index (χ1n) is 12.1. The van der Waals surface area contributed by atoms with Gasteiger partial charge in [-0.2, -0.15) is 13.2 Å². The van der Waals surface area contributed by atoms with Crippen molar-refractivity contribution in [1.29, 1.82) is 0 Å². The minimum Gasteiger partial charge on any atom is -0.207 e. The van der Waals surface area contributed by atoms with Crippen LogP contribution in [0.5, 0.6) is 0 Å². The summed E-state index contributed by atoms with van der Waals surface area (Å²) in [5.41, 5.74) is 1.97. The van der Waals surface area contributed by atoms with Crippen LogP contribution in [0.15, 0.2) is 79.4 Å². The predicted molar refractivity (Wildman–Crippen MR) is 135 cm³/mol. The first-order valence-corrected chi connectivity index (χ1v) is 12.1. The van der Waals surface area contributed by atoms with Gasteiger partial charge in [-0.05, 0) is 89.9 Å². The zero-order valence-corrected chi connectivity index (χ0v) is 20.1. The average Bonchev–Trinajstić information content (AvgIpc) is 2.85. The highest BCUT2D eigenvalue weighted by Crippen LogP contribution is 2.32. The van der Waals surface area contributed by atoms with Gasteiger partial charge in [0.15, 0.2) is 0 Å². The van der Waals surface area contributed by atoms with E-state index in [1.165, 1.54) is 6.07 Å². The van der Waals surface area contributed by atoms with Gasteiger partial charge in [-0.3, -0.25) is 0 Å². The molecule has 0 aliphatic heterocycles. The largest absolute Gasteiger partial charge is 0.419 e. The number of benzene rings is 4. The van der Waals surface area contributed by atoms with Gasteiger partial charge >= 0.3 is 6.18 Å². The van der Waals surface area contributed by atoms with Crippen LogP contribution in [0.1, 0.15) is 39.8 Å². The molecule has 0 saturated carbocycles. The lowest BCUT2D eigenvalue weighted by atomic mass is 9.96. The summed E-state index contributed by atoms with van der Waals surface area (Å²) >= 11 is 0. The van der Waals surface area contributed by atoms with Gasteiger partial charge in [0, 0.05) is 5.39 Å². The maximum absolute atomic E-state index is 15.2. The van der Waals surface area contributed by atoms with Crippen LogP contribution in [0.2, 0.25) is 0 Å². The fourth-order valence-corrected chi connectivity index (χ4v) is 4.45. The van der Waals surface area contributed by atoms with Crippen molar-refractivity contribution in [2.75, 3.05) is 0 Å². The van der Waals surface area contributed by atoms with Crippen molar-refractivity contribution >= 4 is 10.8 Å². The summed E-state index contributed by atoms with van der Waals surface area (Å²) in [4.78, 5) is 0. The molecule has 0 atom stereocenters. The van der Waals surface area contributed by atoms with Crippen LogP contribution in [-0.4, -0.2) is 0 Å². The second kappa shape index (κ2) is 11.2. The molecule has 6 heteroatoms. The van der Waals surface area contributed by atoms with Crippen LogP contribution in [0.4, 0.5) is 26.3 Å². The van der Waals surface area contributed by atoms with Crippen molar-refractivity contribution in [2.24, 2.45) is 0 Å². The Bertz CT molecular complexity index is 1420. The molecule has 0 fully saturated rings. The molecule has 0 aliphatic carbocycles. The van der Waals surface area contributed by atoms with E-state index in [1.54, 1.807) is 30.3 Å². The van der Waals surface area contributed by atoms with Crippen molar-refractivity contribution in [3.63, 3.8) is 0 Å². The number of fused-ring (bicyclic) bond motifs is 1.